The Labute approximate surface area is 99.4 Å². The van der Waals surface area contributed by atoms with Crippen LogP contribution in [0.4, 0.5) is 0 Å². The lowest BCUT2D eigenvalue weighted by molar-refractivity contribution is -0.136. The summed E-state index contributed by atoms with van der Waals surface area (Å²) in [4.78, 5) is 14.4. The lowest BCUT2D eigenvalue weighted by Crippen LogP contribution is -2.42. The molecule has 3 heteroatoms. The molecule has 0 aromatic rings. The summed E-state index contributed by atoms with van der Waals surface area (Å²) in [6.07, 6.45) is 3.62. The van der Waals surface area contributed by atoms with Crippen LogP contribution in [-0.2, 0) is 4.79 Å². The maximum absolute atomic E-state index is 12.3. The summed E-state index contributed by atoms with van der Waals surface area (Å²) in [7, 11) is 0. The molecule has 1 aliphatic rings. The first-order chi connectivity index (χ1) is 7.60. The molecule has 1 atom stereocenters. The first kappa shape index (κ1) is 13.5. The number of hydrogen-bond donors (Lipinski definition) is 1. The third kappa shape index (κ3) is 3.78. The van der Waals surface area contributed by atoms with Crippen LogP contribution in [0.15, 0.2) is 0 Å². The maximum atomic E-state index is 12.3. The Morgan fingerprint density at radius 2 is 2.06 bits per heavy atom. The standard InChI is InChI=1S/C13H26N2O/c1-4-7-15(9-11-5-6-11)13(16)12(8-14)10(2)3/h10-12H,4-9,14H2,1-3H3. The van der Waals surface area contributed by atoms with Gasteiger partial charge in [-0.2, -0.15) is 0 Å². The largest absolute Gasteiger partial charge is 0.342 e. The van der Waals surface area contributed by atoms with Gasteiger partial charge in [-0.25, -0.2) is 0 Å². The zero-order valence-electron chi connectivity index (χ0n) is 10.9. The molecule has 0 spiro atoms. The van der Waals surface area contributed by atoms with Crippen LogP contribution in [0.1, 0.15) is 40.0 Å². The molecule has 0 aromatic carbocycles. The van der Waals surface area contributed by atoms with Crippen molar-refractivity contribution in [2.45, 2.75) is 40.0 Å². The summed E-state index contributed by atoms with van der Waals surface area (Å²) in [5.41, 5.74) is 5.71. The highest BCUT2D eigenvalue weighted by Crippen LogP contribution is 2.30. The third-order valence-corrected chi connectivity index (χ3v) is 3.36. The Hall–Kier alpha value is -0.570. The third-order valence-electron chi connectivity index (χ3n) is 3.36. The molecule has 0 heterocycles. The van der Waals surface area contributed by atoms with E-state index in [4.69, 9.17) is 5.73 Å². The van der Waals surface area contributed by atoms with Crippen molar-refractivity contribution < 1.29 is 4.79 Å². The van der Waals surface area contributed by atoms with Crippen molar-refractivity contribution in [3.63, 3.8) is 0 Å². The van der Waals surface area contributed by atoms with Gasteiger partial charge in [-0.3, -0.25) is 4.79 Å². The van der Waals surface area contributed by atoms with Crippen molar-refractivity contribution in [1.82, 2.24) is 4.90 Å². The molecule has 0 saturated heterocycles. The molecule has 3 nitrogen and oxygen atoms in total. The Balaban J connectivity index is 2.55. The van der Waals surface area contributed by atoms with Crippen molar-refractivity contribution >= 4 is 5.91 Å². The fraction of sp³-hybridized carbons (Fsp3) is 0.923. The van der Waals surface area contributed by atoms with Gasteiger partial charge in [-0.1, -0.05) is 20.8 Å². The highest BCUT2D eigenvalue weighted by Gasteiger charge is 2.30. The molecule has 16 heavy (non-hydrogen) atoms. The zero-order chi connectivity index (χ0) is 12.1. The Morgan fingerprint density at radius 3 is 2.44 bits per heavy atom. The van der Waals surface area contributed by atoms with Crippen molar-refractivity contribution in [3.8, 4) is 0 Å². The van der Waals surface area contributed by atoms with E-state index >= 15 is 0 Å². The molecule has 0 aromatic heterocycles. The van der Waals surface area contributed by atoms with Crippen LogP contribution in [0, 0.1) is 17.8 Å². The van der Waals surface area contributed by atoms with Crippen molar-refractivity contribution in [2.75, 3.05) is 19.6 Å². The number of carbonyl (C=O) groups is 1. The van der Waals surface area contributed by atoms with E-state index in [0.29, 0.717) is 12.5 Å². The van der Waals surface area contributed by atoms with Crippen molar-refractivity contribution in [2.24, 2.45) is 23.5 Å². The molecule has 1 unspecified atom stereocenters. The van der Waals surface area contributed by atoms with Gasteiger partial charge in [0.15, 0.2) is 0 Å². The monoisotopic (exact) mass is 226 g/mol. The Kier molecular flexibility index (Phi) is 5.26. The van der Waals surface area contributed by atoms with Crippen LogP contribution < -0.4 is 5.73 Å². The molecular formula is C13H26N2O. The van der Waals surface area contributed by atoms with E-state index in [2.05, 4.69) is 20.8 Å². The van der Waals surface area contributed by atoms with Gasteiger partial charge >= 0.3 is 0 Å². The molecule has 1 saturated carbocycles. The first-order valence-corrected chi connectivity index (χ1v) is 6.59. The Morgan fingerprint density at radius 1 is 1.44 bits per heavy atom. The van der Waals surface area contributed by atoms with E-state index in [-0.39, 0.29) is 11.8 Å². The highest BCUT2D eigenvalue weighted by molar-refractivity contribution is 5.79. The minimum absolute atomic E-state index is 0.00491. The fourth-order valence-electron chi connectivity index (χ4n) is 2.07. The van der Waals surface area contributed by atoms with Gasteiger partial charge in [0.2, 0.25) is 5.91 Å². The number of carbonyl (C=O) groups excluding carboxylic acids is 1. The predicted molar refractivity (Wildman–Crippen MR) is 67.0 cm³/mol. The molecule has 1 aliphatic carbocycles. The molecular weight excluding hydrogens is 200 g/mol. The molecule has 0 radical (unpaired) electrons. The zero-order valence-corrected chi connectivity index (χ0v) is 10.9. The summed E-state index contributed by atoms with van der Waals surface area (Å²) in [5, 5.41) is 0. The number of hydrogen-bond acceptors (Lipinski definition) is 2. The topological polar surface area (TPSA) is 46.3 Å². The van der Waals surface area contributed by atoms with Crippen LogP contribution in [0.25, 0.3) is 0 Å². The van der Waals surface area contributed by atoms with E-state index in [0.717, 1.165) is 25.4 Å². The van der Waals surface area contributed by atoms with Crippen LogP contribution in [0.5, 0.6) is 0 Å². The minimum atomic E-state index is 0.00491. The maximum Gasteiger partial charge on any atom is 0.227 e. The molecule has 1 amide bonds. The smallest absolute Gasteiger partial charge is 0.227 e. The molecule has 2 N–H and O–H groups in total. The number of nitrogens with two attached hydrogens (primary N) is 1. The number of rotatable bonds is 7. The Bertz CT molecular complexity index is 224. The highest BCUT2D eigenvalue weighted by atomic mass is 16.2. The average molecular weight is 226 g/mol. The van der Waals surface area contributed by atoms with Gasteiger partial charge in [0.05, 0.1) is 5.92 Å². The van der Waals surface area contributed by atoms with E-state index in [1.807, 2.05) is 4.90 Å². The van der Waals surface area contributed by atoms with Crippen molar-refractivity contribution in [1.29, 1.82) is 0 Å². The van der Waals surface area contributed by atoms with E-state index < -0.39 is 0 Å². The second-order valence-electron chi connectivity index (χ2n) is 5.31. The van der Waals surface area contributed by atoms with E-state index in [1.54, 1.807) is 0 Å². The first-order valence-electron chi connectivity index (χ1n) is 6.59. The summed E-state index contributed by atoms with van der Waals surface area (Å²) in [6.45, 7) is 8.60. The average Bonchev–Trinajstić information content (AvgIpc) is 3.01. The second kappa shape index (κ2) is 6.24. The molecule has 1 rings (SSSR count). The van der Waals surface area contributed by atoms with Gasteiger partial charge in [0.1, 0.15) is 0 Å². The number of amides is 1. The van der Waals surface area contributed by atoms with Crippen LogP contribution in [0.3, 0.4) is 0 Å². The fourth-order valence-corrected chi connectivity index (χ4v) is 2.07. The van der Waals surface area contributed by atoms with Gasteiger partial charge in [-0.05, 0) is 31.1 Å². The van der Waals surface area contributed by atoms with E-state index in [1.165, 1.54) is 12.8 Å². The normalized spacial score (nSPS) is 17.6. The lowest BCUT2D eigenvalue weighted by atomic mass is 9.94. The summed E-state index contributed by atoms with van der Waals surface area (Å²) < 4.78 is 0. The van der Waals surface area contributed by atoms with Gasteiger partial charge in [-0.15, -0.1) is 0 Å². The van der Waals surface area contributed by atoms with Crippen LogP contribution in [0.2, 0.25) is 0 Å². The molecule has 0 bridgehead atoms. The number of nitrogens with zero attached hydrogens (tertiary/aromatic N) is 1. The summed E-state index contributed by atoms with van der Waals surface area (Å²) in [5.74, 6) is 1.38. The minimum Gasteiger partial charge on any atom is -0.342 e. The molecule has 1 fully saturated rings. The summed E-state index contributed by atoms with van der Waals surface area (Å²) in [6, 6.07) is 0. The van der Waals surface area contributed by atoms with Gasteiger partial charge in [0.25, 0.3) is 0 Å². The quantitative estimate of drug-likeness (QED) is 0.720. The van der Waals surface area contributed by atoms with E-state index in [9.17, 15) is 4.79 Å². The van der Waals surface area contributed by atoms with Gasteiger partial charge < -0.3 is 10.6 Å². The van der Waals surface area contributed by atoms with Gasteiger partial charge in [0, 0.05) is 19.6 Å². The summed E-state index contributed by atoms with van der Waals surface area (Å²) >= 11 is 0. The van der Waals surface area contributed by atoms with Crippen LogP contribution in [-0.4, -0.2) is 30.4 Å². The predicted octanol–water partition coefficient (Wildman–Crippen LogP) is 1.87. The SMILES string of the molecule is CCCN(CC1CC1)C(=O)C(CN)C(C)C. The van der Waals surface area contributed by atoms with Crippen LogP contribution >= 0.6 is 0 Å². The molecule has 94 valence electrons. The second-order valence-corrected chi connectivity index (χ2v) is 5.31. The van der Waals surface area contributed by atoms with Crippen molar-refractivity contribution in [3.05, 3.63) is 0 Å². The molecule has 0 aliphatic heterocycles. The lowest BCUT2D eigenvalue weighted by Gasteiger charge is -2.28.